The molecule has 8 heteroatoms. The molecule has 2 rings (SSSR count). The number of carbonyl (C=O) groups excluding carboxylic acids is 1. The Kier molecular flexibility index (Phi) is 4.76. The van der Waals surface area contributed by atoms with Gasteiger partial charge in [-0.05, 0) is 24.3 Å². The fraction of sp³-hybridized carbons (Fsp3) is 0.0667. The topological polar surface area (TPSA) is 80.5 Å². The number of hydrogen-bond donors (Lipinski definition) is 1. The predicted octanol–water partition coefficient (Wildman–Crippen LogP) is 1.87. The number of nitrogens with two attached hydrogens (primary N) is 1. The van der Waals surface area contributed by atoms with Gasteiger partial charge in [0.05, 0.1) is 11.9 Å². The first-order valence-corrected chi connectivity index (χ1v) is 8.58. The van der Waals surface area contributed by atoms with Crippen LogP contribution in [0.25, 0.3) is 0 Å². The molecule has 0 bridgehead atoms. The van der Waals surface area contributed by atoms with E-state index in [1.807, 2.05) is 0 Å². The highest BCUT2D eigenvalue weighted by atomic mass is 32.2. The zero-order chi connectivity index (χ0) is 17.2. The van der Waals surface area contributed by atoms with Gasteiger partial charge in [-0.1, -0.05) is 30.4 Å². The van der Waals surface area contributed by atoms with Gasteiger partial charge in [0.2, 0.25) is 10.0 Å². The Balaban J connectivity index is 2.67. The number of carbonyl (C=O) groups is 1. The smallest absolute Gasteiger partial charge is 0.272 e. The van der Waals surface area contributed by atoms with E-state index in [0.717, 1.165) is 18.4 Å². The third kappa shape index (κ3) is 3.72. The minimum Gasteiger partial charge on any atom is -0.389 e. The lowest BCUT2D eigenvalue weighted by Gasteiger charge is -2.22. The monoisotopic (exact) mass is 351 g/mol. The molecule has 2 aromatic carbocycles. The average molecular weight is 351 g/mol. The van der Waals surface area contributed by atoms with Crippen molar-refractivity contribution >= 4 is 38.8 Å². The Bertz CT molecular complexity index is 868. The molecule has 0 heterocycles. The highest BCUT2D eigenvalue weighted by Gasteiger charge is 2.29. The molecule has 1 radical (unpaired) electrons. The van der Waals surface area contributed by atoms with Gasteiger partial charge in [-0.3, -0.25) is 4.79 Å². The van der Waals surface area contributed by atoms with Gasteiger partial charge in [0, 0.05) is 17.2 Å². The van der Waals surface area contributed by atoms with E-state index in [2.05, 4.69) is 6.07 Å². The van der Waals surface area contributed by atoms with Crippen LogP contribution in [0.1, 0.15) is 15.9 Å². The Morgan fingerprint density at radius 1 is 1.30 bits per heavy atom. The van der Waals surface area contributed by atoms with E-state index in [1.165, 1.54) is 12.1 Å². The van der Waals surface area contributed by atoms with Crippen molar-refractivity contribution in [3.05, 3.63) is 65.5 Å². The third-order valence-corrected chi connectivity index (χ3v) is 4.16. The summed E-state index contributed by atoms with van der Waals surface area (Å²) in [6.07, 6.45) is 0.862. The lowest BCUT2D eigenvalue weighted by Crippen LogP contribution is -2.37. The summed E-state index contributed by atoms with van der Waals surface area (Å²) in [5.41, 5.74) is 5.46. The molecule has 119 valence electrons. The molecule has 2 N–H and O–H groups in total. The average Bonchev–Trinajstić information content (AvgIpc) is 2.48. The lowest BCUT2D eigenvalue weighted by molar-refractivity contribution is 0.101. The number of rotatable bonds is 4. The van der Waals surface area contributed by atoms with Gasteiger partial charge in [0.1, 0.15) is 10.8 Å². The van der Waals surface area contributed by atoms with E-state index in [9.17, 15) is 17.6 Å². The van der Waals surface area contributed by atoms with Crippen LogP contribution in [0.15, 0.2) is 42.5 Å². The number of halogens is 1. The second-order valence-electron chi connectivity index (χ2n) is 4.64. The molecule has 0 aliphatic rings. The minimum atomic E-state index is -4.01. The molecule has 0 fully saturated rings. The van der Waals surface area contributed by atoms with E-state index >= 15 is 0 Å². The van der Waals surface area contributed by atoms with E-state index < -0.39 is 21.7 Å². The summed E-state index contributed by atoms with van der Waals surface area (Å²) in [5.74, 6) is -1.57. The largest absolute Gasteiger partial charge is 0.389 e. The second kappa shape index (κ2) is 6.43. The number of anilines is 1. The van der Waals surface area contributed by atoms with E-state index in [0.29, 0.717) is 4.31 Å². The van der Waals surface area contributed by atoms with Crippen molar-refractivity contribution in [1.29, 1.82) is 0 Å². The van der Waals surface area contributed by atoms with Crippen molar-refractivity contribution in [2.75, 3.05) is 10.6 Å². The molecular formula is C15H12FN2O3S2. The van der Waals surface area contributed by atoms with E-state index in [4.69, 9.17) is 18.0 Å². The number of nitrogens with zero attached hydrogens (tertiary/aromatic N) is 1. The van der Waals surface area contributed by atoms with Crippen molar-refractivity contribution in [2.45, 2.75) is 0 Å². The van der Waals surface area contributed by atoms with Crippen LogP contribution in [0.5, 0.6) is 0 Å². The van der Waals surface area contributed by atoms with Gasteiger partial charge < -0.3 is 5.73 Å². The third-order valence-electron chi connectivity index (χ3n) is 2.91. The van der Waals surface area contributed by atoms with Gasteiger partial charge in [-0.25, -0.2) is 17.1 Å². The van der Waals surface area contributed by atoms with E-state index in [1.54, 1.807) is 18.2 Å². The molecule has 0 saturated heterocycles. The van der Waals surface area contributed by atoms with Crippen molar-refractivity contribution < 1.29 is 17.6 Å². The molecule has 0 aromatic heterocycles. The Hall–Kier alpha value is -2.32. The molecule has 0 aliphatic carbocycles. The molecule has 0 aliphatic heterocycles. The fourth-order valence-electron chi connectivity index (χ4n) is 1.96. The molecule has 0 spiro atoms. The Morgan fingerprint density at radius 2 is 1.91 bits per heavy atom. The summed E-state index contributed by atoms with van der Waals surface area (Å²) in [4.78, 5) is 12.4. The minimum absolute atomic E-state index is 0.0639. The molecule has 23 heavy (non-hydrogen) atoms. The fourth-order valence-corrected chi connectivity index (χ4v) is 3.04. The highest BCUT2D eigenvalue weighted by molar-refractivity contribution is 7.92. The van der Waals surface area contributed by atoms with Gasteiger partial charge in [0.25, 0.3) is 5.91 Å². The van der Waals surface area contributed by atoms with Gasteiger partial charge in [-0.2, -0.15) is 0 Å². The second-order valence-corrected chi connectivity index (χ2v) is 6.91. The maximum Gasteiger partial charge on any atom is 0.272 e. The molecule has 0 saturated carbocycles. The van der Waals surface area contributed by atoms with Crippen LogP contribution < -0.4 is 10.0 Å². The summed E-state index contributed by atoms with van der Waals surface area (Å²) >= 11 is 4.82. The van der Waals surface area contributed by atoms with Crippen molar-refractivity contribution in [3.63, 3.8) is 0 Å². The quantitative estimate of drug-likeness (QED) is 0.851. The molecule has 1 amide bonds. The van der Waals surface area contributed by atoms with Gasteiger partial charge in [-0.15, -0.1) is 0 Å². The molecule has 2 aromatic rings. The van der Waals surface area contributed by atoms with Crippen LogP contribution in [0.4, 0.5) is 10.1 Å². The molecule has 0 atom stereocenters. The van der Waals surface area contributed by atoms with Crippen LogP contribution >= 0.6 is 12.2 Å². The summed E-state index contributed by atoms with van der Waals surface area (Å²) in [6, 6.07) is 12.0. The van der Waals surface area contributed by atoms with Crippen LogP contribution in [0, 0.1) is 11.9 Å². The Labute approximate surface area is 138 Å². The maximum atomic E-state index is 13.4. The summed E-state index contributed by atoms with van der Waals surface area (Å²) in [6.45, 7) is 0. The maximum absolute atomic E-state index is 13.4. The molecule has 0 unspecified atom stereocenters. The normalized spacial score (nSPS) is 11.0. The van der Waals surface area contributed by atoms with Gasteiger partial charge in [0.15, 0.2) is 0 Å². The van der Waals surface area contributed by atoms with Crippen LogP contribution in [0.3, 0.4) is 0 Å². The molecule has 5 nitrogen and oxygen atoms in total. The predicted molar refractivity (Wildman–Crippen MR) is 89.2 cm³/mol. The SMILES string of the molecule is CS(=O)(=O)N(C(=O)c1ccccc1)c1c[c]c(F)cc1C(N)=S. The van der Waals surface area contributed by atoms with Crippen LogP contribution in [0.2, 0.25) is 0 Å². The summed E-state index contributed by atoms with van der Waals surface area (Å²) in [5, 5.41) is 0. The number of hydrogen-bond acceptors (Lipinski definition) is 4. The first-order chi connectivity index (χ1) is 10.7. The van der Waals surface area contributed by atoms with Crippen molar-refractivity contribution in [2.24, 2.45) is 5.73 Å². The van der Waals surface area contributed by atoms with Crippen molar-refractivity contribution in [1.82, 2.24) is 0 Å². The number of benzene rings is 2. The number of thiocarbonyl (C=S) groups is 1. The first kappa shape index (κ1) is 17.0. The van der Waals surface area contributed by atoms with Crippen molar-refractivity contribution in [3.8, 4) is 0 Å². The standard InChI is InChI=1S/C15H12FN2O3S2/c1-23(20,21)18(15(19)10-5-3-2-4-6-10)13-8-7-11(16)9-12(13)14(17)22/h2-6,8-9H,1H3,(H2,17,22). The zero-order valence-electron chi connectivity index (χ0n) is 12.0. The number of sulfonamides is 1. The van der Waals surface area contributed by atoms with Crippen LogP contribution in [-0.4, -0.2) is 25.6 Å². The Morgan fingerprint density at radius 3 is 2.43 bits per heavy atom. The molecular weight excluding hydrogens is 339 g/mol. The van der Waals surface area contributed by atoms with Gasteiger partial charge >= 0.3 is 0 Å². The first-order valence-electron chi connectivity index (χ1n) is 6.32. The number of amides is 1. The summed E-state index contributed by atoms with van der Waals surface area (Å²) < 4.78 is 38.1. The highest BCUT2D eigenvalue weighted by Crippen LogP contribution is 2.26. The summed E-state index contributed by atoms with van der Waals surface area (Å²) in [7, 11) is -4.01. The zero-order valence-corrected chi connectivity index (χ0v) is 13.6. The lowest BCUT2D eigenvalue weighted by atomic mass is 10.1. The van der Waals surface area contributed by atoms with Crippen LogP contribution in [-0.2, 0) is 10.0 Å². The van der Waals surface area contributed by atoms with E-state index in [-0.39, 0.29) is 21.8 Å².